The molecule has 1 heterocycles. The van der Waals surface area contributed by atoms with Crippen LogP contribution in [0.15, 0.2) is 78.9 Å². The van der Waals surface area contributed by atoms with Gasteiger partial charge in [0, 0.05) is 17.2 Å². The van der Waals surface area contributed by atoms with Gasteiger partial charge in [-0.25, -0.2) is 8.78 Å². The van der Waals surface area contributed by atoms with Crippen LogP contribution in [0.5, 0.6) is 5.75 Å². The lowest BCUT2D eigenvalue weighted by atomic mass is 9.80. The number of benzene rings is 4. The van der Waals surface area contributed by atoms with Crippen molar-refractivity contribution < 1.29 is 23.8 Å². The maximum atomic E-state index is 14.6. The molecule has 7 heteroatoms. The number of amides is 1. The lowest BCUT2D eigenvalue weighted by Crippen LogP contribution is -2.43. The van der Waals surface area contributed by atoms with Crippen molar-refractivity contribution >= 4 is 11.6 Å². The number of phenolic OH excluding ortho intramolecular Hbond substituents is 1. The molecular weight excluding hydrogens is 510 g/mol. The van der Waals surface area contributed by atoms with Gasteiger partial charge in [-0.15, -0.1) is 0 Å². The quantitative estimate of drug-likeness (QED) is 0.236. The third-order valence-electron chi connectivity index (χ3n) is 7.78. The van der Waals surface area contributed by atoms with Crippen LogP contribution in [0.4, 0.5) is 14.5 Å². The Morgan fingerprint density at radius 3 is 1.82 bits per heavy atom. The standard InChI is InChI=1S/C33H31F2NO3.H3N/c1-4-20-17-28-30(24(6-3)23(20)5-2)33(39,25-18-26(34)27(35)19-29(25)37)32(38)36(28)31(21-13-9-7-10-14-21)22-15-11-8-12-16-22;/h7-19,31,37,39H,4-6H2,1-3H3;1H3. The number of phenols is 1. The molecule has 1 amide bonds. The highest BCUT2D eigenvalue weighted by molar-refractivity contribution is 6.11. The third kappa shape index (κ3) is 4.35. The van der Waals surface area contributed by atoms with Gasteiger partial charge >= 0.3 is 0 Å². The van der Waals surface area contributed by atoms with Crippen LogP contribution in [0.1, 0.15) is 65.8 Å². The molecular formula is C33H34F2N2O3. The fourth-order valence-corrected chi connectivity index (χ4v) is 6.05. The number of rotatable bonds is 7. The highest BCUT2D eigenvalue weighted by Gasteiger charge is 2.56. The minimum absolute atomic E-state index is 0. The van der Waals surface area contributed by atoms with E-state index in [2.05, 4.69) is 0 Å². The van der Waals surface area contributed by atoms with Crippen LogP contribution in [-0.4, -0.2) is 16.1 Å². The molecule has 208 valence electrons. The summed E-state index contributed by atoms with van der Waals surface area (Å²) in [6, 6.07) is 21.6. The Balaban J connectivity index is 0.00000370. The molecule has 0 saturated carbocycles. The molecule has 1 unspecified atom stereocenters. The summed E-state index contributed by atoms with van der Waals surface area (Å²) in [6.07, 6.45) is 1.87. The Kier molecular flexibility index (Phi) is 8.10. The SMILES string of the molecule is CCc1cc2c(c(CC)c1CC)C(O)(c1cc(F)c(F)cc1O)C(=O)N2C(c1ccccc1)c1ccccc1.N. The maximum absolute atomic E-state index is 14.6. The summed E-state index contributed by atoms with van der Waals surface area (Å²) in [4.78, 5) is 16.2. The topological polar surface area (TPSA) is 95.8 Å². The molecule has 0 spiro atoms. The van der Waals surface area contributed by atoms with Crippen LogP contribution in [0.2, 0.25) is 0 Å². The Morgan fingerprint density at radius 1 is 0.800 bits per heavy atom. The second-order valence-electron chi connectivity index (χ2n) is 9.84. The van der Waals surface area contributed by atoms with Crippen molar-refractivity contribution in [1.82, 2.24) is 6.15 Å². The van der Waals surface area contributed by atoms with Crippen LogP contribution in [0, 0.1) is 11.6 Å². The number of aromatic hydroxyl groups is 1. The number of carbonyl (C=O) groups is 1. The average molecular weight is 545 g/mol. The molecule has 4 aromatic rings. The Hall–Kier alpha value is -4.07. The Bertz CT molecular complexity index is 1500. The molecule has 0 aliphatic carbocycles. The van der Waals surface area contributed by atoms with Gasteiger partial charge in [0.25, 0.3) is 5.91 Å². The van der Waals surface area contributed by atoms with Crippen LogP contribution in [-0.2, 0) is 29.7 Å². The first-order chi connectivity index (χ1) is 18.8. The first kappa shape index (κ1) is 28.9. The van der Waals surface area contributed by atoms with Gasteiger partial charge in [-0.2, -0.15) is 0 Å². The molecule has 5 N–H and O–H groups in total. The minimum atomic E-state index is -2.43. The van der Waals surface area contributed by atoms with Crippen molar-refractivity contribution in [2.75, 3.05) is 4.90 Å². The minimum Gasteiger partial charge on any atom is -0.507 e. The van der Waals surface area contributed by atoms with Gasteiger partial charge in [-0.3, -0.25) is 9.69 Å². The molecule has 0 fully saturated rings. The van der Waals surface area contributed by atoms with E-state index in [4.69, 9.17) is 0 Å². The van der Waals surface area contributed by atoms with E-state index < -0.39 is 34.9 Å². The fraction of sp³-hybridized carbons (Fsp3) is 0.242. The largest absolute Gasteiger partial charge is 0.507 e. The number of hydrogen-bond donors (Lipinski definition) is 3. The first-order valence-electron chi connectivity index (χ1n) is 13.3. The van der Waals surface area contributed by atoms with Gasteiger partial charge in [-0.05, 0) is 59.2 Å². The van der Waals surface area contributed by atoms with E-state index in [1.165, 1.54) is 0 Å². The number of hydrogen-bond acceptors (Lipinski definition) is 4. The number of aryl methyl sites for hydroxylation is 1. The fourth-order valence-electron chi connectivity index (χ4n) is 6.05. The van der Waals surface area contributed by atoms with E-state index in [0.29, 0.717) is 36.6 Å². The molecule has 1 aliphatic heterocycles. The Labute approximate surface area is 233 Å². The summed E-state index contributed by atoms with van der Waals surface area (Å²) in [5, 5.41) is 23.2. The number of halogens is 2. The number of aliphatic hydroxyl groups is 1. The third-order valence-corrected chi connectivity index (χ3v) is 7.78. The van der Waals surface area contributed by atoms with Gasteiger partial charge in [0.15, 0.2) is 11.6 Å². The van der Waals surface area contributed by atoms with Crippen molar-refractivity contribution in [3.8, 4) is 5.75 Å². The lowest BCUT2D eigenvalue weighted by molar-refractivity contribution is -0.132. The lowest BCUT2D eigenvalue weighted by Gasteiger charge is -2.31. The van der Waals surface area contributed by atoms with E-state index in [0.717, 1.165) is 33.9 Å². The summed E-state index contributed by atoms with van der Waals surface area (Å²) in [7, 11) is 0. The highest BCUT2D eigenvalue weighted by atomic mass is 19.2. The van der Waals surface area contributed by atoms with Gasteiger partial charge in [-0.1, -0.05) is 81.4 Å². The number of nitrogens with zero attached hydrogens (tertiary/aromatic N) is 1. The molecule has 5 nitrogen and oxygen atoms in total. The zero-order valence-corrected chi connectivity index (χ0v) is 22.9. The first-order valence-corrected chi connectivity index (χ1v) is 13.3. The van der Waals surface area contributed by atoms with Crippen molar-refractivity contribution in [3.05, 3.63) is 129 Å². The molecule has 0 radical (unpaired) electrons. The van der Waals surface area contributed by atoms with E-state index in [1.54, 1.807) is 4.90 Å². The van der Waals surface area contributed by atoms with Crippen molar-refractivity contribution in [3.63, 3.8) is 0 Å². The summed E-state index contributed by atoms with van der Waals surface area (Å²) >= 11 is 0. The maximum Gasteiger partial charge on any atom is 0.269 e. The van der Waals surface area contributed by atoms with Crippen molar-refractivity contribution in [1.29, 1.82) is 0 Å². The van der Waals surface area contributed by atoms with E-state index in [9.17, 15) is 23.8 Å². The monoisotopic (exact) mass is 544 g/mol. The molecule has 0 aromatic heterocycles. The highest BCUT2D eigenvalue weighted by Crippen LogP contribution is 2.53. The molecule has 4 aromatic carbocycles. The summed E-state index contributed by atoms with van der Waals surface area (Å²) in [5.74, 6) is -3.94. The average Bonchev–Trinajstić information content (AvgIpc) is 3.17. The predicted octanol–water partition coefficient (Wildman–Crippen LogP) is 6.89. The molecule has 40 heavy (non-hydrogen) atoms. The van der Waals surface area contributed by atoms with E-state index >= 15 is 0 Å². The second-order valence-corrected chi connectivity index (χ2v) is 9.84. The van der Waals surface area contributed by atoms with Crippen LogP contribution in [0.3, 0.4) is 0 Å². The molecule has 5 rings (SSSR count). The van der Waals surface area contributed by atoms with Gasteiger partial charge in [0.1, 0.15) is 5.75 Å². The van der Waals surface area contributed by atoms with E-state index in [-0.39, 0.29) is 11.7 Å². The smallest absolute Gasteiger partial charge is 0.269 e. The summed E-state index contributed by atoms with van der Waals surface area (Å²) < 4.78 is 28.7. The predicted molar refractivity (Wildman–Crippen MR) is 153 cm³/mol. The van der Waals surface area contributed by atoms with Gasteiger partial charge < -0.3 is 16.4 Å². The zero-order valence-electron chi connectivity index (χ0n) is 22.9. The molecule has 0 bridgehead atoms. The zero-order chi connectivity index (χ0) is 27.9. The molecule has 0 saturated heterocycles. The van der Waals surface area contributed by atoms with Crippen molar-refractivity contribution in [2.24, 2.45) is 0 Å². The van der Waals surface area contributed by atoms with Crippen molar-refractivity contribution in [2.45, 2.75) is 51.7 Å². The number of carbonyl (C=O) groups excluding carboxylic acids is 1. The van der Waals surface area contributed by atoms with Crippen LogP contribution < -0.4 is 11.1 Å². The van der Waals surface area contributed by atoms with E-state index in [1.807, 2.05) is 87.5 Å². The Morgan fingerprint density at radius 2 is 1.32 bits per heavy atom. The molecule has 1 aliphatic rings. The summed E-state index contributed by atoms with van der Waals surface area (Å²) in [6.45, 7) is 6.00. The second kappa shape index (κ2) is 11.2. The normalized spacial score (nSPS) is 16.3. The van der Waals surface area contributed by atoms with Crippen LogP contribution in [0.25, 0.3) is 0 Å². The molecule has 1 atom stereocenters. The van der Waals surface area contributed by atoms with Gasteiger partial charge in [0.2, 0.25) is 5.60 Å². The number of anilines is 1. The van der Waals surface area contributed by atoms with Gasteiger partial charge in [0.05, 0.1) is 11.7 Å². The summed E-state index contributed by atoms with van der Waals surface area (Å²) in [5.41, 5.74) is 2.45. The number of fused-ring (bicyclic) bond motifs is 1. The van der Waals surface area contributed by atoms with Crippen LogP contribution >= 0.6 is 0 Å².